The summed E-state index contributed by atoms with van der Waals surface area (Å²) in [6.45, 7) is 32.2. The first-order valence-corrected chi connectivity index (χ1v) is 31.4. The van der Waals surface area contributed by atoms with Gasteiger partial charge >= 0.3 is 6.85 Å². The summed E-state index contributed by atoms with van der Waals surface area (Å²) >= 11 is 0. The van der Waals surface area contributed by atoms with Gasteiger partial charge in [-0.25, -0.2) is 0 Å². The number of benzene rings is 9. The molecule has 432 valence electrons. The summed E-state index contributed by atoms with van der Waals surface area (Å²) in [4.78, 5) is 7.71. The van der Waals surface area contributed by atoms with Gasteiger partial charge in [0.15, 0.2) is 0 Å². The maximum absolute atomic E-state index is 7.22. The van der Waals surface area contributed by atoms with Crippen LogP contribution in [0.2, 0.25) is 0 Å². The molecule has 10 aromatic rings. The van der Waals surface area contributed by atoms with Crippen LogP contribution in [0.3, 0.4) is 0 Å². The van der Waals surface area contributed by atoms with Crippen LogP contribution in [0.5, 0.6) is 0 Å². The van der Waals surface area contributed by atoms with Gasteiger partial charge in [0, 0.05) is 79.1 Å². The summed E-state index contributed by atoms with van der Waals surface area (Å²) in [6, 6.07) is 69.4. The van der Waals surface area contributed by atoms with Crippen LogP contribution in [0.4, 0.5) is 39.8 Å². The normalized spacial score (nSPS) is 17.3. The molecule has 3 aliphatic heterocycles. The number of fused-ring (bicyclic) bond motifs is 12. The molecular formula is C81H78BN3O2. The lowest BCUT2D eigenvalue weighted by Crippen LogP contribution is -2.58. The Morgan fingerprint density at radius 2 is 1.07 bits per heavy atom. The predicted molar refractivity (Wildman–Crippen MR) is 368 cm³/mol. The van der Waals surface area contributed by atoms with Crippen LogP contribution in [-0.2, 0) is 31.8 Å². The third kappa shape index (κ3) is 8.70. The van der Waals surface area contributed by atoms with Crippen molar-refractivity contribution in [3.05, 3.63) is 251 Å². The molecule has 87 heavy (non-hydrogen) atoms. The molecule has 15 rings (SSSR count). The number of allylic oxidation sites excluding steroid dienone is 1. The van der Waals surface area contributed by atoms with E-state index >= 15 is 0 Å². The van der Waals surface area contributed by atoms with Crippen molar-refractivity contribution in [1.29, 1.82) is 0 Å². The van der Waals surface area contributed by atoms with Crippen molar-refractivity contribution in [3.63, 3.8) is 0 Å². The van der Waals surface area contributed by atoms with Gasteiger partial charge in [0.05, 0.1) is 11.9 Å². The molecule has 5 aliphatic rings. The van der Waals surface area contributed by atoms with Crippen molar-refractivity contribution < 1.29 is 9.15 Å². The SMILES string of the molecule is CC(C)(C)c1ccc(N2B3C4=CC5OC=CC5C=C4N(c4ccc(C(C)(C)C)cc4-c4ccccc4)c4cc5c(c(c43)-c3cc4c(cc32)oc2ccc(N(c3ccc(C(C)(C)C)cc3)c3ccc(C(C)(C)C)cc3)cc24)C(C)(C)c2ccccc2-5)cc1. The van der Waals surface area contributed by atoms with Gasteiger partial charge in [0.2, 0.25) is 0 Å². The summed E-state index contributed by atoms with van der Waals surface area (Å²) < 4.78 is 13.8. The third-order valence-corrected chi connectivity index (χ3v) is 19.6. The highest BCUT2D eigenvalue weighted by atomic mass is 16.5. The molecule has 2 unspecified atom stereocenters. The number of furan rings is 1. The first-order valence-electron chi connectivity index (χ1n) is 31.4. The van der Waals surface area contributed by atoms with Gasteiger partial charge in [-0.15, -0.1) is 0 Å². The smallest absolute Gasteiger partial charge is 0.332 e. The van der Waals surface area contributed by atoms with Crippen LogP contribution in [0.15, 0.2) is 222 Å². The molecule has 4 heterocycles. The minimum atomic E-state index is -0.351. The lowest BCUT2D eigenvalue weighted by atomic mass is 9.41. The van der Waals surface area contributed by atoms with Crippen LogP contribution in [0, 0.1) is 5.92 Å². The minimum absolute atomic E-state index is 0.0193. The van der Waals surface area contributed by atoms with Gasteiger partial charge in [0.1, 0.15) is 17.3 Å². The standard InChI is InChI=1S/C81H78BN3O2/c1-77(2,3)51-24-31-55(32-25-51)83(56-33-26-52(27-34-56)78(4,5)6)58-37-39-71-61(44-58)62-45-64-68(48-73(62)87-71)85(57-35-28-53(29-36-57)79(7,8)9)82-66-47-72-50(40-41-86-72)42-69(66)84(67-38-30-54(80(10,11)12)43-60(67)49-20-16-15-17-21-49)70-46-63-59-22-18-19-23-65(59)81(13,14)75(63)74(64)76(70)82/h15-48,50,72H,1-14H3. The van der Waals surface area contributed by atoms with E-state index in [2.05, 4.69) is 312 Å². The van der Waals surface area contributed by atoms with E-state index in [0.717, 1.165) is 56.1 Å². The maximum atomic E-state index is 7.22. The number of hydrogen-bond acceptors (Lipinski definition) is 5. The molecule has 2 atom stereocenters. The molecule has 5 nitrogen and oxygen atoms in total. The van der Waals surface area contributed by atoms with Gasteiger partial charge in [0.25, 0.3) is 0 Å². The van der Waals surface area contributed by atoms with E-state index in [1.54, 1.807) is 0 Å². The maximum Gasteiger partial charge on any atom is 0.332 e. The van der Waals surface area contributed by atoms with Gasteiger partial charge in [-0.3, -0.25) is 0 Å². The molecule has 0 fully saturated rings. The molecule has 0 amide bonds. The van der Waals surface area contributed by atoms with Crippen molar-refractivity contribution >= 4 is 74.1 Å². The second kappa shape index (κ2) is 19.1. The number of ether oxygens (including phenoxy) is 1. The third-order valence-electron chi connectivity index (χ3n) is 19.6. The van der Waals surface area contributed by atoms with Crippen molar-refractivity contribution in [2.75, 3.05) is 14.6 Å². The Hall–Kier alpha value is -8.74. The van der Waals surface area contributed by atoms with Crippen LogP contribution >= 0.6 is 0 Å². The molecule has 2 aliphatic carbocycles. The molecule has 0 saturated carbocycles. The Morgan fingerprint density at radius 1 is 0.483 bits per heavy atom. The summed E-state index contributed by atoms with van der Waals surface area (Å²) in [6.07, 6.45) is 8.97. The predicted octanol–water partition coefficient (Wildman–Crippen LogP) is 21.3. The van der Waals surface area contributed by atoms with Crippen molar-refractivity contribution in [2.45, 2.75) is 130 Å². The van der Waals surface area contributed by atoms with E-state index in [-0.39, 0.29) is 45.9 Å². The quantitative estimate of drug-likeness (QED) is 0.155. The summed E-state index contributed by atoms with van der Waals surface area (Å²) in [5.41, 5.74) is 28.2. The average molecular weight is 1140 g/mol. The fraction of sp³-hybridized carbons (Fsp3) is 0.259. The van der Waals surface area contributed by atoms with E-state index in [0.29, 0.717) is 0 Å². The fourth-order valence-corrected chi connectivity index (χ4v) is 14.8. The zero-order chi connectivity index (χ0) is 60.4. The minimum Gasteiger partial charge on any atom is -0.493 e. The Balaban J connectivity index is 1.04. The monoisotopic (exact) mass is 1140 g/mol. The number of anilines is 7. The van der Waals surface area contributed by atoms with E-state index < -0.39 is 0 Å². The second-order valence-electron chi connectivity index (χ2n) is 29.8. The van der Waals surface area contributed by atoms with E-state index in [1.165, 1.54) is 89.1 Å². The van der Waals surface area contributed by atoms with Gasteiger partial charge < -0.3 is 23.8 Å². The summed E-state index contributed by atoms with van der Waals surface area (Å²) in [5, 5.41) is 2.16. The van der Waals surface area contributed by atoms with Crippen molar-refractivity contribution in [1.82, 2.24) is 0 Å². The molecule has 0 radical (unpaired) electrons. The average Bonchev–Trinajstić information content (AvgIpc) is 1.66. The summed E-state index contributed by atoms with van der Waals surface area (Å²) in [7, 11) is 0. The lowest BCUT2D eigenvalue weighted by Gasteiger charge is -2.49. The highest BCUT2D eigenvalue weighted by molar-refractivity contribution is 6.89. The molecule has 6 heteroatoms. The fourth-order valence-electron chi connectivity index (χ4n) is 14.8. The van der Waals surface area contributed by atoms with E-state index in [4.69, 9.17) is 9.15 Å². The zero-order valence-corrected chi connectivity index (χ0v) is 53.0. The number of hydrogen-bond donors (Lipinski definition) is 0. The van der Waals surface area contributed by atoms with Crippen LogP contribution in [0.1, 0.15) is 130 Å². The van der Waals surface area contributed by atoms with Gasteiger partial charge in [-0.2, -0.15) is 0 Å². The number of nitrogens with zero attached hydrogens (tertiary/aromatic N) is 3. The second-order valence-corrected chi connectivity index (χ2v) is 29.8. The molecular weight excluding hydrogens is 1060 g/mol. The zero-order valence-electron chi connectivity index (χ0n) is 53.0. The van der Waals surface area contributed by atoms with E-state index in [1.807, 2.05) is 6.26 Å². The highest BCUT2D eigenvalue weighted by Gasteiger charge is 2.53. The Bertz CT molecular complexity index is 4490. The van der Waals surface area contributed by atoms with Crippen molar-refractivity contribution in [3.8, 4) is 33.4 Å². The Labute approximate surface area is 515 Å². The first kappa shape index (κ1) is 54.9. The molecule has 0 spiro atoms. The first-order chi connectivity index (χ1) is 41.4. The summed E-state index contributed by atoms with van der Waals surface area (Å²) in [5.74, 6) is 0.0625. The van der Waals surface area contributed by atoms with Crippen LogP contribution in [-0.4, -0.2) is 13.0 Å². The molecule has 1 aromatic heterocycles. The molecule has 0 bridgehead atoms. The van der Waals surface area contributed by atoms with Crippen LogP contribution in [0.25, 0.3) is 55.3 Å². The van der Waals surface area contributed by atoms with Gasteiger partial charge in [-0.05, 0) is 185 Å². The largest absolute Gasteiger partial charge is 0.493 e. The number of rotatable bonds is 6. The topological polar surface area (TPSA) is 32.1 Å². The highest BCUT2D eigenvalue weighted by Crippen LogP contribution is 2.60. The van der Waals surface area contributed by atoms with Crippen LogP contribution < -0.4 is 20.1 Å². The Morgan fingerprint density at radius 3 is 1.71 bits per heavy atom. The molecule has 0 saturated heterocycles. The lowest BCUT2D eigenvalue weighted by molar-refractivity contribution is 0.191. The Kier molecular flexibility index (Phi) is 12.1. The van der Waals surface area contributed by atoms with Gasteiger partial charge in [-0.1, -0.05) is 194 Å². The van der Waals surface area contributed by atoms with Crippen molar-refractivity contribution in [2.24, 2.45) is 5.92 Å². The molecule has 9 aromatic carbocycles. The van der Waals surface area contributed by atoms with E-state index in [9.17, 15) is 0 Å². The molecule has 0 N–H and O–H groups in total.